The molecule has 1 saturated carbocycles. The van der Waals surface area contributed by atoms with E-state index in [1.54, 1.807) is 16.9 Å². The molecule has 4 N–H and O–H groups in total. The average Bonchev–Trinajstić information content (AvgIpc) is 3.53. The van der Waals surface area contributed by atoms with E-state index in [1.165, 1.54) is 0 Å². The minimum atomic E-state index is -0.952. The molecule has 10 heteroatoms. The van der Waals surface area contributed by atoms with Gasteiger partial charge in [0, 0.05) is 24.1 Å². The van der Waals surface area contributed by atoms with Gasteiger partial charge in [-0.05, 0) is 48.9 Å². The Morgan fingerprint density at radius 2 is 2.23 bits per heavy atom. The highest BCUT2D eigenvalue weighted by molar-refractivity contribution is 6.51. The zero-order valence-corrected chi connectivity index (χ0v) is 16.8. The lowest BCUT2D eigenvalue weighted by Gasteiger charge is -2.27. The molecule has 2 aliphatic heterocycles. The van der Waals surface area contributed by atoms with Crippen molar-refractivity contribution in [1.29, 1.82) is 5.26 Å². The first-order valence-corrected chi connectivity index (χ1v) is 10.4. The van der Waals surface area contributed by atoms with E-state index in [-0.39, 0.29) is 17.5 Å². The van der Waals surface area contributed by atoms with Crippen LogP contribution >= 0.6 is 0 Å². The number of nitrogens with zero attached hydrogens (tertiary/aromatic N) is 3. The molecule has 1 aromatic carbocycles. The smallest absolute Gasteiger partial charge is 0.532 e. The first kappa shape index (κ1) is 19.7. The van der Waals surface area contributed by atoms with Crippen molar-refractivity contribution in [1.82, 2.24) is 9.78 Å². The number of amides is 1. The number of carbonyl (C=O) groups is 1. The minimum absolute atomic E-state index is 0.246. The predicted octanol–water partition coefficient (Wildman–Crippen LogP) is 2.13. The fraction of sp³-hybridized carbons (Fsp3) is 0.381. The number of nitrogens with one attached hydrogen (secondary N) is 1. The van der Waals surface area contributed by atoms with Crippen molar-refractivity contribution in [3.05, 3.63) is 41.0 Å². The summed E-state index contributed by atoms with van der Waals surface area (Å²) >= 11 is 0. The molecule has 31 heavy (non-hydrogen) atoms. The summed E-state index contributed by atoms with van der Waals surface area (Å²) in [6.07, 6.45) is 6.15. The Balaban J connectivity index is 1.50. The summed E-state index contributed by atoms with van der Waals surface area (Å²) in [7, 11) is -0.952. The zero-order valence-electron chi connectivity index (χ0n) is 16.8. The number of anilines is 2. The van der Waals surface area contributed by atoms with Crippen LogP contribution in [0.15, 0.2) is 24.3 Å². The molecule has 0 radical (unpaired) electrons. The van der Waals surface area contributed by atoms with Gasteiger partial charge in [-0.15, -0.1) is 0 Å². The normalized spacial score (nSPS) is 22.4. The van der Waals surface area contributed by atoms with Gasteiger partial charge in [0.2, 0.25) is 0 Å². The van der Waals surface area contributed by atoms with Crippen LogP contribution in [-0.2, 0) is 4.74 Å². The summed E-state index contributed by atoms with van der Waals surface area (Å²) in [5, 5.41) is 27.1. The second-order valence-electron chi connectivity index (χ2n) is 8.15. The molecule has 2 fully saturated rings. The van der Waals surface area contributed by atoms with Gasteiger partial charge in [-0.25, -0.2) is 0 Å². The molecule has 158 valence electrons. The molecular formula is C21H22BN5O4. The summed E-state index contributed by atoms with van der Waals surface area (Å²) in [4.78, 5) is 12.1. The number of ether oxygens (including phenoxy) is 1. The predicted molar refractivity (Wildman–Crippen MR) is 114 cm³/mol. The highest BCUT2D eigenvalue weighted by Gasteiger charge is 2.32. The third-order valence-electron chi connectivity index (χ3n) is 5.93. The molecule has 3 aliphatic rings. The summed E-state index contributed by atoms with van der Waals surface area (Å²) in [6.45, 7) is 0.889. The molecule has 9 nitrogen and oxygen atoms in total. The van der Waals surface area contributed by atoms with E-state index in [2.05, 4.69) is 16.5 Å². The number of benzene rings is 1. The Hall–Kier alpha value is -3.29. The molecule has 1 saturated heterocycles. The molecule has 0 bridgehead atoms. The first-order valence-electron chi connectivity index (χ1n) is 10.4. The molecular weight excluding hydrogens is 397 g/mol. The van der Waals surface area contributed by atoms with Crippen LogP contribution in [0.3, 0.4) is 0 Å². The van der Waals surface area contributed by atoms with Gasteiger partial charge in [-0.3, -0.25) is 9.48 Å². The van der Waals surface area contributed by atoms with Crippen molar-refractivity contribution in [3.8, 4) is 11.8 Å². The molecule has 2 aromatic rings. The first-order chi connectivity index (χ1) is 15.0. The lowest BCUT2D eigenvalue weighted by Crippen LogP contribution is -2.29. The maximum Gasteiger partial charge on any atom is 0.552 e. The van der Waals surface area contributed by atoms with Gasteiger partial charge < -0.3 is 25.5 Å². The van der Waals surface area contributed by atoms with Crippen LogP contribution in [0.25, 0.3) is 6.08 Å². The van der Waals surface area contributed by atoms with Crippen molar-refractivity contribution in [2.24, 2.45) is 11.7 Å². The molecule has 0 unspecified atom stereocenters. The minimum Gasteiger partial charge on any atom is -0.532 e. The maximum absolute atomic E-state index is 12.1. The number of hydrogen-bond acceptors (Lipinski definition) is 7. The van der Waals surface area contributed by atoms with Gasteiger partial charge in [0.1, 0.15) is 11.3 Å². The van der Waals surface area contributed by atoms with Gasteiger partial charge in [0.05, 0.1) is 24.6 Å². The maximum atomic E-state index is 12.1. The Labute approximate surface area is 179 Å². The Morgan fingerprint density at radius 1 is 1.39 bits per heavy atom. The summed E-state index contributed by atoms with van der Waals surface area (Å²) in [6, 6.07) is 5.87. The number of nitrogens with two attached hydrogens (primary N) is 1. The van der Waals surface area contributed by atoms with Gasteiger partial charge in [-0.2, -0.15) is 10.4 Å². The summed E-state index contributed by atoms with van der Waals surface area (Å²) < 4.78 is 12.8. The monoisotopic (exact) mass is 419 g/mol. The van der Waals surface area contributed by atoms with Crippen LogP contribution in [-0.4, -0.2) is 41.0 Å². The topological polar surface area (TPSA) is 135 Å². The summed E-state index contributed by atoms with van der Waals surface area (Å²) in [5.74, 6) is 2.14. The summed E-state index contributed by atoms with van der Waals surface area (Å²) in [5.41, 5.74) is 8.47. The van der Waals surface area contributed by atoms with E-state index in [1.807, 2.05) is 18.2 Å². The lowest BCUT2D eigenvalue weighted by molar-refractivity contribution is 0.0342. The fourth-order valence-electron chi connectivity index (χ4n) is 4.16. The van der Waals surface area contributed by atoms with Crippen LogP contribution in [0.4, 0.5) is 11.5 Å². The highest BCUT2D eigenvalue weighted by Crippen LogP contribution is 2.48. The van der Waals surface area contributed by atoms with Crippen LogP contribution in [0, 0.1) is 17.2 Å². The van der Waals surface area contributed by atoms with E-state index in [0.717, 1.165) is 29.7 Å². The van der Waals surface area contributed by atoms with Gasteiger partial charge in [-0.1, -0.05) is 6.08 Å². The Morgan fingerprint density at radius 3 is 2.97 bits per heavy atom. The molecule has 1 aromatic heterocycles. The van der Waals surface area contributed by atoms with Crippen molar-refractivity contribution in [2.45, 2.75) is 31.2 Å². The van der Waals surface area contributed by atoms with Crippen molar-refractivity contribution in [2.75, 3.05) is 18.5 Å². The number of carbonyl (C=O) groups excluding carboxylic acids is 1. The van der Waals surface area contributed by atoms with Crippen molar-refractivity contribution in [3.63, 3.8) is 0 Å². The van der Waals surface area contributed by atoms with E-state index < -0.39 is 13.0 Å². The molecule has 1 amide bonds. The van der Waals surface area contributed by atoms with E-state index in [4.69, 9.17) is 15.1 Å². The van der Waals surface area contributed by atoms with Gasteiger partial charge in [0.15, 0.2) is 5.82 Å². The van der Waals surface area contributed by atoms with Crippen molar-refractivity contribution < 1.29 is 19.2 Å². The number of primary amides is 1. The van der Waals surface area contributed by atoms with Crippen LogP contribution in [0.5, 0.6) is 5.75 Å². The van der Waals surface area contributed by atoms with E-state index in [9.17, 15) is 15.1 Å². The van der Waals surface area contributed by atoms with E-state index in [0.29, 0.717) is 37.1 Å². The fourth-order valence-corrected chi connectivity index (χ4v) is 4.16. The molecule has 3 heterocycles. The highest BCUT2D eigenvalue weighted by atomic mass is 16.5. The van der Waals surface area contributed by atoms with Crippen LogP contribution in [0.2, 0.25) is 0 Å². The average molecular weight is 419 g/mol. The molecule has 0 spiro atoms. The number of rotatable bonds is 5. The third kappa shape index (κ3) is 3.78. The second-order valence-corrected chi connectivity index (χ2v) is 8.15. The van der Waals surface area contributed by atoms with Gasteiger partial charge >= 0.3 is 7.12 Å². The molecule has 2 atom stereocenters. The SMILES string of the molecule is N#C[C@H]1CCOC[C@@H]1n1cc(C(N)=O)c(Nc2cc3c(c(C4CC4)c2)OB(O)C=C3)n1. The quantitative estimate of drug-likeness (QED) is 0.632. The van der Waals surface area contributed by atoms with Gasteiger partial charge in [0.25, 0.3) is 5.91 Å². The third-order valence-corrected chi connectivity index (χ3v) is 5.93. The van der Waals surface area contributed by atoms with E-state index >= 15 is 0 Å². The standard InChI is InChI=1S/C21H22BN5O4/c23-9-14-4-6-30-11-18(14)27-10-17(20(24)28)21(26-27)25-15-7-13-3-5-22(29)31-19(13)16(8-15)12-1-2-12/h3,5,7-8,10,12,14,18,29H,1-2,4,6,11H2,(H2,24,28)(H,25,26)/t14-,18+/m1/s1. The largest absolute Gasteiger partial charge is 0.552 e. The lowest BCUT2D eigenvalue weighted by atomic mass is 9.85. The van der Waals surface area contributed by atoms with Crippen LogP contribution in [0.1, 0.15) is 52.7 Å². The Bertz CT molecular complexity index is 1100. The number of fused-ring (bicyclic) bond motifs is 1. The molecule has 1 aliphatic carbocycles. The number of aromatic nitrogens is 2. The molecule has 5 rings (SSSR count). The Kier molecular flexibility index (Phi) is 4.92. The number of nitriles is 1. The second kappa shape index (κ2) is 7.76. The van der Waals surface area contributed by atoms with Crippen molar-refractivity contribution >= 4 is 30.6 Å². The number of hydrogen-bond donors (Lipinski definition) is 3. The zero-order chi connectivity index (χ0) is 21.5. The van der Waals surface area contributed by atoms with Crippen LogP contribution < -0.4 is 15.7 Å².